The van der Waals surface area contributed by atoms with Crippen LogP contribution in [-0.2, 0) is 14.3 Å². The zero-order chi connectivity index (χ0) is 14.3. The van der Waals surface area contributed by atoms with Gasteiger partial charge in [0, 0.05) is 33.9 Å². The van der Waals surface area contributed by atoms with Crippen molar-refractivity contribution in [2.45, 2.75) is 31.5 Å². The second-order valence-corrected chi connectivity index (χ2v) is 4.56. The first-order valence-electron chi connectivity index (χ1n) is 6.37. The fourth-order valence-electron chi connectivity index (χ4n) is 2.04. The maximum atomic E-state index is 11.9. The van der Waals surface area contributed by atoms with Crippen LogP contribution in [0.2, 0.25) is 0 Å². The van der Waals surface area contributed by atoms with E-state index in [0.29, 0.717) is 13.1 Å². The van der Waals surface area contributed by atoms with E-state index < -0.39 is 12.1 Å². The van der Waals surface area contributed by atoms with Crippen molar-refractivity contribution in [3.8, 4) is 0 Å². The summed E-state index contributed by atoms with van der Waals surface area (Å²) in [5.74, 6) is -0.943. The third kappa shape index (κ3) is 5.44. The van der Waals surface area contributed by atoms with Gasteiger partial charge in [-0.2, -0.15) is 0 Å². The summed E-state index contributed by atoms with van der Waals surface area (Å²) in [4.78, 5) is 24.1. The second kappa shape index (κ2) is 7.96. The molecule has 0 aromatic rings. The van der Waals surface area contributed by atoms with Crippen molar-refractivity contribution in [3.63, 3.8) is 0 Å². The van der Waals surface area contributed by atoms with E-state index in [2.05, 4.69) is 5.32 Å². The van der Waals surface area contributed by atoms with E-state index in [1.807, 2.05) is 0 Å². The highest BCUT2D eigenvalue weighted by atomic mass is 16.5. The van der Waals surface area contributed by atoms with Crippen LogP contribution in [0.15, 0.2) is 0 Å². The van der Waals surface area contributed by atoms with Gasteiger partial charge in [-0.15, -0.1) is 0 Å². The molecule has 1 unspecified atom stereocenters. The highest BCUT2D eigenvalue weighted by molar-refractivity contribution is 5.74. The number of likely N-dealkylation sites (tertiary alicyclic amines) is 1. The van der Waals surface area contributed by atoms with Crippen molar-refractivity contribution in [1.29, 1.82) is 0 Å². The summed E-state index contributed by atoms with van der Waals surface area (Å²) in [5.41, 5.74) is 0. The van der Waals surface area contributed by atoms with Gasteiger partial charge in [-0.1, -0.05) is 0 Å². The number of carboxylic acid groups (broad SMARTS) is 1. The minimum absolute atomic E-state index is 0.122. The number of carbonyl (C=O) groups is 2. The number of urea groups is 1. The third-order valence-electron chi connectivity index (χ3n) is 3.28. The molecule has 2 N–H and O–H groups in total. The predicted octanol–water partition coefficient (Wildman–Crippen LogP) is 0.297. The van der Waals surface area contributed by atoms with Crippen LogP contribution in [-0.4, -0.2) is 68.1 Å². The van der Waals surface area contributed by atoms with Gasteiger partial charge < -0.3 is 24.8 Å². The molecule has 1 aliphatic rings. The summed E-state index contributed by atoms with van der Waals surface area (Å²) in [6.07, 6.45) is 1.25. The number of ether oxygens (including phenoxy) is 2. The third-order valence-corrected chi connectivity index (χ3v) is 3.28. The SMILES string of the molecule is COC1CCN(C(=O)NCC(CC(=O)O)OC)CC1. The van der Waals surface area contributed by atoms with Crippen LogP contribution in [0.3, 0.4) is 0 Å². The Hall–Kier alpha value is -1.34. The van der Waals surface area contributed by atoms with Crippen molar-refractivity contribution >= 4 is 12.0 Å². The van der Waals surface area contributed by atoms with E-state index >= 15 is 0 Å². The lowest BCUT2D eigenvalue weighted by atomic mass is 10.1. The molecular weight excluding hydrogens is 252 g/mol. The van der Waals surface area contributed by atoms with Crippen molar-refractivity contribution in [2.75, 3.05) is 33.9 Å². The molecule has 0 bridgehead atoms. The Morgan fingerprint density at radius 1 is 1.37 bits per heavy atom. The van der Waals surface area contributed by atoms with Crippen LogP contribution in [0.5, 0.6) is 0 Å². The molecule has 110 valence electrons. The number of methoxy groups -OCH3 is 2. The highest BCUT2D eigenvalue weighted by Crippen LogP contribution is 2.12. The molecule has 0 aromatic carbocycles. The minimum Gasteiger partial charge on any atom is -0.481 e. The van der Waals surface area contributed by atoms with Gasteiger partial charge in [-0.05, 0) is 12.8 Å². The summed E-state index contributed by atoms with van der Waals surface area (Å²) in [6.45, 7) is 1.51. The first-order valence-corrected chi connectivity index (χ1v) is 6.37. The monoisotopic (exact) mass is 274 g/mol. The Bertz CT molecular complexity index is 302. The molecule has 1 heterocycles. The lowest BCUT2D eigenvalue weighted by Gasteiger charge is -2.31. The summed E-state index contributed by atoms with van der Waals surface area (Å²) in [5, 5.41) is 11.4. The van der Waals surface area contributed by atoms with Crippen LogP contribution in [0.25, 0.3) is 0 Å². The first kappa shape index (κ1) is 15.7. The van der Waals surface area contributed by atoms with Crippen molar-refractivity contribution in [3.05, 3.63) is 0 Å². The molecular formula is C12H22N2O5. The van der Waals surface area contributed by atoms with E-state index in [0.717, 1.165) is 12.8 Å². The summed E-state index contributed by atoms with van der Waals surface area (Å²) in [7, 11) is 3.11. The van der Waals surface area contributed by atoms with Gasteiger partial charge in [-0.3, -0.25) is 4.79 Å². The van der Waals surface area contributed by atoms with Crippen LogP contribution < -0.4 is 5.32 Å². The number of carboxylic acids is 1. The van der Waals surface area contributed by atoms with Gasteiger partial charge in [0.25, 0.3) is 0 Å². The fraction of sp³-hybridized carbons (Fsp3) is 0.833. The number of aliphatic carboxylic acids is 1. The quantitative estimate of drug-likeness (QED) is 0.727. The van der Waals surface area contributed by atoms with E-state index in [1.165, 1.54) is 7.11 Å². The zero-order valence-electron chi connectivity index (χ0n) is 11.4. The first-order chi connectivity index (χ1) is 9.06. The van der Waals surface area contributed by atoms with Gasteiger partial charge in [-0.25, -0.2) is 4.79 Å². The molecule has 7 nitrogen and oxygen atoms in total. The summed E-state index contributed by atoms with van der Waals surface area (Å²) in [6, 6.07) is -0.179. The summed E-state index contributed by atoms with van der Waals surface area (Å²) < 4.78 is 10.2. The molecule has 1 rings (SSSR count). The maximum Gasteiger partial charge on any atom is 0.317 e. The van der Waals surface area contributed by atoms with Gasteiger partial charge in [0.05, 0.1) is 18.6 Å². The molecule has 7 heteroatoms. The van der Waals surface area contributed by atoms with Crippen LogP contribution >= 0.6 is 0 Å². The Balaban J connectivity index is 2.29. The smallest absolute Gasteiger partial charge is 0.317 e. The number of nitrogens with one attached hydrogen (secondary N) is 1. The molecule has 2 amide bonds. The van der Waals surface area contributed by atoms with Crippen LogP contribution in [0, 0.1) is 0 Å². The number of piperidine rings is 1. The average Bonchev–Trinajstić information content (AvgIpc) is 2.42. The van der Waals surface area contributed by atoms with Crippen LogP contribution in [0.1, 0.15) is 19.3 Å². The molecule has 1 saturated heterocycles. The molecule has 0 aromatic heterocycles. The van der Waals surface area contributed by atoms with Crippen molar-refractivity contribution in [2.24, 2.45) is 0 Å². The van der Waals surface area contributed by atoms with Crippen LogP contribution in [0.4, 0.5) is 4.79 Å². The molecule has 0 saturated carbocycles. The number of hydrogen-bond acceptors (Lipinski definition) is 4. The Morgan fingerprint density at radius 2 is 2.00 bits per heavy atom. The molecule has 0 radical (unpaired) electrons. The zero-order valence-corrected chi connectivity index (χ0v) is 11.4. The van der Waals surface area contributed by atoms with E-state index in [-0.39, 0.29) is 25.1 Å². The van der Waals surface area contributed by atoms with Gasteiger partial charge >= 0.3 is 12.0 Å². The number of amides is 2. The maximum absolute atomic E-state index is 11.9. The van der Waals surface area contributed by atoms with E-state index in [4.69, 9.17) is 14.6 Å². The highest BCUT2D eigenvalue weighted by Gasteiger charge is 2.23. The molecule has 0 spiro atoms. The Morgan fingerprint density at radius 3 is 2.47 bits per heavy atom. The fourth-order valence-corrected chi connectivity index (χ4v) is 2.04. The van der Waals surface area contributed by atoms with E-state index in [1.54, 1.807) is 12.0 Å². The van der Waals surface area contributed by atoms with Gasteiger partial charge in [0.1, 0.15) is 0 Å². The minimum atomic E-state index is -0.943. The lowest BCUT2D eigenvalue weighted by molar-refractivity contribution is -0.139. The largest absolute Gasteiger partial charge is 0.481 e. The van der Waals surface area contributed by atoms with Gasteiger partial charge in [0.2, 0.25) is 0 Å². The molecule has 1 atom stereocenters. The lowest BCUT2D eigenvalue weighted by Crippen LogP contribution is -2.47. The van der Waals surface area contributed by atoms with Crippen molar-refractivity contribution in [1.82, 2.24) is 10.2 Å². The second-order valence-electron chi connectivity index (χ2n) is 4.56. The normalized spacial score (nSPS) is 18.1. The van der Waals surface area contributed by atoms with E-state index in [9.17, 15) is 9.59 Å². The number of carbonyl (C=O) groups excluding carboxylic acids is 1. The Labute approximate surface area is 112 Å². The van der Waals surface area contributed by atoms with Gasteiger partial charge in [0.15, 0.2) is 0 Å². The van der Waals surface area contributed by atoms with Crippen molar-refractivity contribution < 1.29 is 24.2 Å². The predicted molar refractivity (Wildman–Crippen MR) is 68.1 cm³/mol. The topological polar surface area (TPSA) is 88.1 Å². The number of hydrogen-bond donors (Lipinski definition) is 2. The standard InChI is InChI=1S/C12H22N2O5/c1-18-9-3-5-14(6-4-9)12(17)13-8-10(19-2)7-11(15)16/h9-10H,3-8H2,1-2H3,(H,13,17)(H,15,16). The molecule has 1 aliphatic heterocycles. The molecule has 19 heavy (non-hydrogen) atoms. The Kier molecular flexibility index (Phi) is 6.58. The molecule has 1 fully saturated rings. The number of rotatable bonds is 6. The molecule has 0 aliphatic carbocycles. The summed E-state index contributed by atoms with van der Waals surface area (Å²) >= 11 is 0. The average molecular weight is 274 g/mol. The number of nitrogens with zero attached hydrogens (tertiary/aromatic N) is 1.